The predicted octanol–water partition coefficient (Wildman–Crippen LogP) is 1.99. The van der Waals surface area contributed by atoms with Crippen LogP contribution in [0.2, 0.25) is 0 Å². The summed E-state index contributed by atoms with van der Waals surface area (Å²) >= 11 is 3.42. The fraction of sp³-hybridized carbons (Fsp3) is 0.357. The second-order valence-corrected chi connectivity index (χ2v) is 5.60. The topological polar surface area (TPSA) is 68.7 Å². The number of nitrogens with zero attached hydrogens (tertiary/aromatic N) is 1. The van der Waals surface area contributed by atoms with Gasteiger partial charge in [0.2, 0.25) is 0 Å². The molecule has 1 amide bonds. The summed E-state index contributed by atoms with van der Waals surface area (Å²) in [5.41, 5.74) is 6.29. The number of hydrogen-bond donors (Lipinski definition) is 1. The van der Waals surface area contributed by atoms with Crippen LogP contribution >= 0.6 is 15.9 Å². The van der Waals surface area contributed by atoms with E-state index in [4.69, 9.17) is 14.9 Å². The van der Waals surface area contributed by atoms with E-state index in [0.717, 1.165) is 9.86 Å². The first-order chi connectivity index (χ1) is 9.69. The number of carbonyl (C=O) groups excluding carboxylic acids is 1. The first-order valence-corrected chi connectivity index (χ1v) is 7.27. The second kappa shape index (κ2) is 5.55. The van der Waals surface area contributed by atoms with Gasteiger partial charge in [0.05, 0.1) is 17.2 Å². The Morgan fingerprint density at radius 3 is 3.10 bits per heavy atom. The number of ether oxygens (including phenoxy) is 1. The van der Waals surface area contributed by atoms with Crippen molar-refractivity contribution in [2.75, 3.05) is 26.2 Å². The molecule has 1 aliphatic rings. The average Bonchev–Trinajstić information content (AvgIpc) is 2.92. The summed E-state index contributed by atoms with van der Waals surface area (Å²) in [6.07, 6.45) is -0.0937. The van der Waals surface area contributed by atoms with Crippen LogP contribution in [0.15, 0.2) is 33.2 Å². The molecule has 0 radical (unpaired) electrons. The van der Waals surface area contributed by atoms with Gasteiger partial charge in [-0.05, 0) is 28.1 Å². The molecule has 1 fully saturated rings. The molecular weight excluding hydrogens is 324 g/mol. The monoisotopic (exact) mass is 338 g/mol. The quantitative estimate of drug-likeness (QED) is 0.909. The van der Waals surface area contributed by atoms with Crippen molar-refractivity contribution in [1.82, 2.24) is 4.90 Å². The van der Waals surface area contributed by atoms with Crippen molar-refractivity contribution in [2.45, 2.75) is 6.10 Å². The van der Waals surface area contributed by atoms with E-state index in [2.05, 4.69) is 15.9 Å². The van der Waals surface area contributed by atoms with Crippen molar-refractivity contribution < 1.29 is 13.9 Å². The number of nitrogens with two attached hydrogens (primary N) is 1. The Hall–Kier alpha value is -1.37. The third kappa shape index (κ3) is 2.46. The van der Waals surface area contributed by atoms with Crippen LogP contribution in [0.3, 0.4) is 0 Å². The van der Waals surface area contributed by atoms with Crippen LogP contribution in [0.4, 0.5) is 0 Å². The lowest BCUT2D eigenvalue weighted by Crippen LogP contribution is -2.48. The van der Waals surface area contributed by atoms with Gasteiger partial charge in [-0.25, -0.2) is 0 Å². The van der Waals surface area contributed by atoms with Crippen LogP contribution in [0.5, 0.6) is 0 Å². The van der Waals surface area contributed by atoms with Gasteiger partial charge in [0.15, 0.2) is 5.76 Å². The molecule has 0 bridgehead atoms. The normalized spacial score (nSPS) is 19.5. The highest BCUT2D eigenvalue weighted by atomic mass is 79.9. The minimum atomic E-state index is -0.116. The summed E-state index contributed by atoms with van der Waals surface area (Å²) in [5, 5.41) is 0.909. The Balaban J connectivity index is 1.86. The van der Waals surface area contributed by atoms with Crippen molar-refractivity contribution in [3.05, 3.63) is 34.5 Å². The smallest absolute Gasteiger partial charge is 0.289 e. The van der Waals surface area contributed by atoms with Gasteiger partial charge in [-0.1, -0.05) is 12.1 Å². The number of benzene rings is 1. The molecule has 5 nitrogen and oxygen atoms in total. The van der Waals surface area contributed by atoms with Crippen molar-refractivity contribution in [1.29, 1.82) is 0 Å². The van der Waals surface area contributed by atoms with Crippen LogP contribution in [0.25, 0.3) is 11.0 Å². The Bertz CT molecular complexity index is 640. The highest BCUT2D eigenvalue weighted by Gasteiger charge is 2.26. The van der Waals surface area contributed by atoms with E-state index < -0.39 is 0 Å². The summed E-state index contributed by atoms with van der Waals surface area (Å²) < 4.78 is 12.0. The lowest BCUT2D eigenvalue weighted by Gasteiger charge is -2.31. The van der Waals surface area contributed by atoms with Gasteiger partial charge in [-0.2, -0.15) is 0 Å². The summed E-state index contributed by atoms with van der Waals surface area (Å²) in [6, 6.07) is 7.49. The summed E-state index contributed by atoms with van der Waals surface area (Å²) in [5.74, 6) is 0.236. The molecule has 6 heteroatoms. The van der Waals surface area contributed by atoms with E-state index in [1.165, 1.54) is 0 Å². The van der Waals surface area contributed by atoms with Crippen LogP contribution in [0.1, 0.15) is 10.6 Å². The first-order valence-electron chi connectivity index (χ1n) is 6.48. The van der Waals surface area contributed by atoms with Crippen molar-refractivity contribution in [2.24, 2.45) is 5.73 Å². The molecule has 1 aromatic heterocycles. The zero-order chi connectivity index (χ0) is 14.1. The molecule has 0 saturated carbocycles. The zero-order valence-corrected chi connectivity index (χ0v) is 12.4. The molecule has 1 saturated heterocycles. The Labute approximate surface area is 124 Å². The number of amides is 1. The molecule has 106 valence electrons. The summed E-state index contributed by atoms with van der Waals surface area (Å²) in [7, 11) is 0. The molecule has 1 aromatic carbocycles. The molecule has 2 aromatic rings. The number of para-hydroxylation sites is 1. The maximum absolute atomic E-state index is 12.5. The molecule has 20 heavy (non-hydrogen) atoms. The maximum Gasteiger partial charge on any atom is 0.289 e. The first kappa shape index (κ1) is 13.6. The van der Waals surface area contributed by atoms with Gasteiger partial charge in [-0.3, -0.25) is 4.79 Å². The van der Waals surface area contributed by atoms with Gasteiger partial charge in [-0.15, -0.1) is 0 Å². The molecular formula is C14H15BrN2O3. The number of hydrogen-bond acceptors (Lipinski definition) is 4. The predicted molar refractivity (Wildman–Crippen MR) is 78.6 cm³/mol. The third-order valence-electron chi connectivity index (χ3n) is 3.40. The average molecular weight is 339 g/mol. The maximum atomic E-state index is 12.5. The van der Waals surface area contributed by atoms with E-state index in [-0.39, 0.29) is 12.0 Å². The number of furan rings is 1. The highest BCUT2D eigenvalue weighted by Crippen LogP contribution is 2.27. The van der Waals surface area contributed by atoms with E-state index in [0.29, 0.717) is 37.6 Å². The number of morpholine rings is 1. The van der Waals surface area contributed by atoms with E-state index in [1.807, 2.05) is 18.2 Å². The Morgan fingerprint density at radius 1 is 1.50 bits per heavy atom. The van der Waals surface area contributed by atoms with Crippen LogP contribution in [-0.2, 0) is 4.74 Å². The summed E-state index contributed by atoms with van der Waals surface area (Å²) in [6.45, 7) is 1.99. The minimum absolute atomic E-state index is 0.0937. The molecule has 0 spiro atoms. The molecule has 2 N–H and O–H groups in total. The van der Waals surface area contributed by atoms with E-state index in [9.17, 15) is 4.79 Å². The SMILES string of the molecule is NCC1CN(C(=O)c2cc3cccc(Br)c3o2)CCO1. The van der Waals surface area contributed by atoms with Gasteiger partial charge in [0.25, 0.3) is 5.91 Å². The number of fused-ring (bicyclic) bond motifs is 1. The highest BCUT2D eigenvalue weighted by molar-refractivity contribution is 9.10. The standard InChI is InChI=1S/C14H15BrN2O3/c15-11-3-1-2-9-6-12(20-13(9)11)14(18)17-4-5-19-10(7-16)8-17/h1-3,6,10H,4-5,7-8,16H2. The van der Waals surface area contributed by atoms with Crippen molar-refractivity contribution >= 4 is 32.8 Å². The van der Waals surface area contributed by atoms with Crippen LogP contribution in [0, 0.1) is 0 Å². The number of carbonyl (C=O) groups is 1. The lowest BCUT2D eigenvalue weighted by atomic mass is 10.2. The largest absolute Gasteiger partial charge is 0.450 e. The fourth-order valence-electron chi connectivity index (χ4n) is 2.34. The Morgan fingerprint density at radius 2 is 2.35 bits per heavy atom. The summed E-state index contributed by atoms with van der Waals surface area (Å²) in [4.78, 5) is 14.2. The van der Waals surface area contributed by atoms with Crippen molar-refractivity contribution in [3.8, 4) is 0 Å². The van der Waals surface area contributed by atoms with Crippen LogP contribution < -0.4 is 5.73 Å². The number of halogens is 1. The van der Waals surface area contributed by atoms with Gasteiger partial charge < -0.3 is 19.8 Å². The lowest BCUT2D eigenvalue weighted by molar-refractivity contribution is -0.0176. The minimum Gasteiger partial charge on any atom is -0.450 e. The van der Waals surface area contributed by atoms with E-state index >= 15 is 0 Å². The third-order valence-corrected chi connectivity index (χ3v) is 4.02. The van der Waals surface area contributed by atoms with Gasteiger partial charge in [0, 0.05) is 25.0 Å². The Kier molecular flexibility index (Phi) is 3.78. The molecule has 0 aliphatic carbocycles. The molecule has 1 atom stereocenters. The second-order valence-electron chi connectivity index (χ2n) is 4.75. The van der Waals surface area contributed by atoms with E-state index in [1.54, 1.807) is 11.0 Å². The van der Waals surface area contributed by atoms with Crippen molar-refractivity contribution in [3.63, 3.8) is 0 Å². The molecule has 1 unspecified atom stereocenters. The fourth-order valence-corrected chi connectivity index (χ4v) is 2.80. The van der Waals surface area contributed by atoms with Gasteiger partial charge in [0.1, 0.15) is 5.58 Å². The molecule has 3 rings (SSSR count). The zero-order valence-electron chi connectivity index (χ0n) is 10.8. The van der Waals surface area contributed by atoms with Gasteiger partial charge >= 0.3 is 0 Å². The number of rotatable bonds is 2. The molecule has 2 heterocycles. The molecule has 1 aliphatic heterocycles. The van der Waals surface area contributed by atoms with Crippen LogP contribution in [-0.4, -0.2) is 43.2 Å².